The second kappa shape index (κ2) is 8.89. The second-order valence-electron chi connectivity index (χ2n) is 7.25. The van der Waals surface area contributed by atoms with Gasteiger partial charge in [-0.3, -0.25) is 30.7 Å². The van der Waals surface area contributed by atoms with Crippen LogP contribution in [0.3, 0.4) is 0 Å². The van der Waals surface area contributed by atoms with Crippen molar-refractivity contribution >= 4 is 22.7 Å². The van der Waals surface area contributed by atoms with E-state index in [0.29, 0.717) is 11.1 Å². The van der Waals surface area contributed by atoms with Crippen molar-refractivity contribution in [2.75, 3.05) is 10.4 Å². The van der Waals surface area contributed by atoms with E-state index in [9.17, 15) is 20.2 Å². The van der Waals surface area contributed by atoms with E-state index in [1.807, 2.05) is 50.9 Å². The number of hydrazine groups is 1. The largest absolute Gasteiger partial charge is 0.304 e. The lowest BCUT2D eigenvalue weighted by atomic mass is 10.0. The molecule has 29 heavy (non-hydrogen) atoms. The zero-order valence-corrected chi connectivity index (χ0v) is 17.8. The Balaban J connectivity index is 2.77. The molecule has 1 N–H and O–H groups in total. The monoisotopic (exact) mass is 400 g/mol. The van der Waals surface area contributed by atoms with Gasteiger partial charge in [0.25, 0.3) is 0 Å². The molecule has 8 heteroatoms. The van der Waals surface area contributed by atoms with Crippen molar-refractivity contribution in [1.82, 2.24) is 0 Å². The number of anilines is 2. The topological polar surface area (TPSA) is 102 Å². The van der Waals surface area contributed by atoms with Crippen LogP contribution in [0.1, 0.15) is 48.9 Å². The summed E-state index contributed by atoms with van der Waals surface area (Å²) in [5, 5.41) is 25.4. The van der Waals surface area contributed by atoms with E-state index in [1.165, 1.54) is 6.07 Å². The molecule has 2 aromatic carbocycles. The number of nitro benzene ring substituents is 2. The Kier molecular flexibility index (Phi) is 6.79. The van der Waals surface area contributed by atoms with Gasteiger partial charge in [-0.25, -0.2) is 0 Å². The van der Waals surface area contributed by atoms with E-state index < -0.39 is 9.85 Å². The Bertz CT molecular complexity index is 939. The smallest absolute Gasteiger partial charge is 0.286 e. The summed E-state index contributed by atoms with van der Waals surface area (Å²) in [6, 6.07) is 7.21. The van der Waals surface area contributed by atoms with Gasteiger partial charge in [0.15, 0.2) is 0 Å². The van der Waals surface area contributed by atoms with Gasteiger partial charge in [-0.05, 0) is 63.3 Å². The van der Waals surface area contributed by atoms with Gasteiger partial charge in [0.1, 0.15) is 0 Å². The van der Waals surface area contributed by atoms with Crippen LogP contribution in [0.25, 0.3) is 0 Å². The molecule has 0 aliphatic heterocycles. The van der Waals surface area contributed by atoms with Gasteiger partial charge < -0.3 is 0 Å². The predicted molar refractivity (Wildman–Crippen MR) is 116 cm³/mol. The SMILES string of the molecule is CCC(CC)N(Nc1c([N+](=O)[O-])cc(C)c(C)c1[N+](=O)[O-])c1cccc(C)c1C. The molecule has 0 unspecified atom stereocenters. The fraction of sp³-hybridized carbons (Fsp3) is 0.429. The van der Waals surface area contributed by atoms with E-state index in [2.05, 4.69) is 5.43 Å². The molecule has 156 valence electrons. The lowest BCUT2D eigenvalue weighted by Gasteiger charge is -2.34. The summed E-state index contributed by atoms with van der Waals surface area (Å²) in [6.45, 7) is 11.3. The number of nitrogens with zero attached hydrogens (tertiary/aromatic N) is 3. The fourth-order valence-electron chi connectivity index (χ4n) is 3.48. The normalized spacial score (nSPS) is 10.9. The summed E-state index contributed by atoms with van der Waals surface area (Å²) in [5.74, 6) is 0. The summed E-state index contributed by atoms with van der Waals surface area (Å²) < 4.78 is 0. The van der Waals surface area contributed by atoms with Crippen molar-refractivity contribution in [2.45, 2.75) is 60.4 Å². The van der Waals surface area contributed by atoms with Gasteiger partial charge in [0.05, 0.1) is 15.5 Å². The molecule has 0 saturated heterocycles. The Labute approximate surface area is 170 Å². The molecule has 0 amide bonds. The molecule has 2 rings (SSSR count). The zero-order chi connectivity index (χ0) is 21.9. The number of rotatable bonds is 8. The summed E-state index contributed by atoms with van der Waals surface area (Å²) in [7, 11) is 0. The third-order valence-electron chi connectivity index (χ3n) is 5.55. The van der Waals surface area contributed by atoms with Gasteiger partial charge in [-0.2, -0.15) is 0 Å². The number of benzene rings is 2. The summed E-state index contributed by atoms with van der Waals surface area (Å²) in [4.78, 5) is 22.5. The molecule has 0 bridgehead atoms. The minimum atomic E-state index is -0.573. The molecule has 2 aromatic rings. The van der Waals surface area contributed by atoms with E-state index in [1.54, 1.807) is 13.8 Å². The maximum absolute atomic E-state index is 11.8. The lowest BCUT2D eigenvalue weighted by molar-refractivity contribution is -0.392. The lowest BCUT2D eigenvalue weighted by Crippen LogP contribution is -2.40. The minimum absolute atomic E-state index is 0.00341. The van der Waals surface area contributed by atoms with Gasteiger partial charge in [0.2, 0.25) is 5.69 Å². The van der Waals surface area contributed by atoms with Gasteiger partial charge in [-0.1, -0.05) is 26.0 Å². The number of aryl methyl sites for hydroxylation is 2. The molecule has 0 atom stereocenters. The first-order valence-electron chi connectivity index (χ1n) is 9.69. The maximum atomic E-state index is 11.8. The van der Waals surface area contributed by atoms with Crippen LogP contribution in [0.15, 0.2) is 24.3 Å². The molecular weight excluding hydrogens is 372 g/mol. The number of nitrogens with one attached hydrogen (secondary N) is 1. The van der Waals surface area contributed by atoms with Crippen LogP contribution in [0.5, 0.6) is 0 Å². The van der Waals surface area contributed by atoms with Gasteiger partial charge in [-0.15, -0.1) is 0 Å². The average Bonchev–Trinajstić information content (AvgIpc) is 2.66. The summed E-state index contributed by atoms with van der Waals surface area (Å²) in [6.07, 6.45) is 1.53. The molecule has 0 aliphatic carbocycles. The van der Waals surface area contributed by atoms with Crippen molar-refractivity contribution in [3.8, 4) is 0 Å². The Morgan fingerprint density at radius 1 is 0.966 bits per heavy atom. The molecule has 0 radical (unpaired) electrons. The number of hydrogen-bond acceptors (Lipinski definition) is 6. The molecule has 0 fully saturated rings. The molecule has 8 nitrogen and oxygen atoms in total. The van der Waals surface area contributed by atoms with Crippen molar-refractivity contribution < 1.29 is 9.85 Å². The first kappa shape index (κ1) is 22.1. The van der Waals surface area contributed by atoms with Gasteiger partial charge in [0, 0.05) is 17.7 Å². The van der Waals surface area contributed by atoms with Crippen LogP contribution in [0.2, 0.25) is 0 Å². The Morgan fingerprint density at radius 2 is 1.59 bits per heavy atom. The van der Waals surface area contributed by atoms with Crippen LogP contribution in [0, 0.1) is 47.9 Å². The summed E-state index contributed by atoms with van der Waals surface area (Å²) >= 11 is 0. The van der Waals surface area contributed by atoms with Crippen molar-refractivity contribution in [1.29, 1.82) is 0 Å². The molecule has 0 saturated carbocycles. The van der Waals surface area contributed by atoms with Crippen LogP contribution in [0.4, 0.5) is 22.7 Å². The highest BCUT2D eigenvalue weighted by atomic mass is 16.6. The van der Waals surface area contributed by atoms with E-state index in [-0.39, 0.29) is 23.1 Å². The van der Waals surface area contributed by atoms with Gasteiger partial charge >= 0.3 is 11.4 Å². The average molecular weight is 400 g/mol. The van der Waals surface area contributed by atoms with Crippen molar-refractivity contribution in [3.05, 3.63) is 66.7 Å². The Hall–Kier alpha value is -3.16. The molecule has 0 aliphatic rings. The first-order chi connectivity index (χ1) is 13.6. The van der Waals surface area contributed by atoms with Crippen molar-refractivity contribution in [2.24, 2.45) is 0 Å². The van der Waals surface area contributed by atoms with Crippen LogP contribution < -0.4 is 10.4 Å². The molecular formula is C21H28N4O4. The standard InChI is InChI=1S/C21H28N4O4/c1-7-17(8-2)23(18-11-9-10-13(3)15(18)5)22-20-19(24(26)27)12-14(4)16(6)21(20)25(28)29/h9-12,17,22H,7-8H2,1-6H3. The highest BCUT2D eigenvalue weighted by molar-refractivity contribution is 5.79. The fourth-order valence-corrected chi connectivity index (χ4v) is 3.48. The second-order valence-corrected chi connectivity index (χ2v) is 7.25. The first-order valence-corrected chi connectivity index (χ1v) is 9.69. The van der Waals surface area contributed by atoms with Crippen LogP contribution >= 0.6 is 0 Å². The highest BCUT2D eigenvalue weighted by Crippen LogP contribution is 2.40. The minimum Gasteiger partial charge on any atom is -0.286 e. The third kappa shape index (κ3) is 4.31. The van der Waals surface area contributed by atoms with Crippen molar-refractivity contribution in [3.63, 3.8) is 0 Å². The third-order valence-corrected chi connectivity index (χ3v) is 5.55. The molecule has 0 heterocycles. The van der Waals surface area contributed by atoms with E-state index >= 15 is 0 Å². The number of hydrogen-bond donors (Lipinski definition) is 1. The number of nitro groups is 2. The highest BCUT2D eigenvalue weighted by Gasteiger charge is 2.32. The Morgan fingerprint density at radius 3 is 2.10 bits per heavy atom. The molecule has 0 aromatic heterocycles. The van der Waals surface area contributed by atoms with Crippen LogP contribution in [-0.2, 0) is 0 Å². The zero-order valence-electron chi connectivity index (χ0n) is 17.8. The van der Waals surface area contributed by atoms with Crippen LogP contribution in [-0.4, -0.2) is 15.9 Å². The van der Waals surface area contributed by atoms with E-state index in [0.717, 1.165) is 29.7 Å². The predicted octanol–water partition coefficient (Wildman–Crippen LogP) is 5.76. The maximum Gasteiger partial charge on any atom is 0.304 e. The molecule has 0 spiro atoms. The summed E-state index contributed by atoms with van der Waals surface area (Å²) in [5.41, 5.74) is 6.28. The quantitative estimate of drug-likeness (QED) is 0.446. The van der Waals surface area contributed by atoms with E-state index in [4.69, 9.17) is 0 Å².